The summed E-state index contributed by atoms with van der Waals surface area (Å²) in [6, 6.07) is 8.63. The summed E-state index contributed by atoms with van der Waals surface area (Å²) in [6.45, 7) is 1.98. The molecule has 0 saturated carbocycles. The first kappa shape index (κ1) is 23.1. The van der Waals surface area contributed by atoms with Crippen molar-refractivity contribution in [3.05, 3.63) is 53.1 Å². The van der Waals surface area contributed by atoms with E-state index in [1.54, 1.807) is 43.3 Å². The largest absolute Gasteiger partial charge is 0.493 e. The molecule has 0 unspecified atom stereocenters. The van der Waals surface area contributed by atoms with E-state index in [1.165, 1.54) is 19.1 Å². The molecule has 4 rings (SSSR count). The van der Waals surface area contributed by atoms with Crippen LogP contribution in [0, 0.1) is 0 Å². The number of cyclic esters (lactones) is 1. The second-order valence-electron chi connectivity index (χ2n) is 7.67. The summed E-state index contributed by atoms with van der Waals surface area (Å²) >= 11 is 0. The van der Waals surface area contributed by atoms with Crippen molar-refractivity contribution in [1.29, 1.82) is 0 Å². The minimum Gasteiger partial charge on any atom is -0.493 e. The molecule has 1 fully saturated rings. The predicted molar refractivity (Wildman–Crippen MR) is 119 cm³/mol. The Morgan fingerprint density at radius 1 is 1.09 bits per heavy atom. The number of esters is 2. The summed E-state index contributed by atoms with van der Waals surface area (Å²) in [7, 11) is 2.86. The number of nitrogens with zero attached hydrogens (tertiary/aromatic N) is 1. The summed E-state index contributed by atoms with van der Waals surface area (Å²) in [5.74, 6) is -1.29. The number of carbonyl (C=O) groups is 4. The van der Waals surface area contributed by atoms with Gasteiger partial charge in [0, 0.05) is 17.7 Å². The smallest absolute Gasteiger partial charge is 0.344 e. The van der Waals surface area contributed by atoms with Crippen molar-refractivity contribution in [1.82, 2.24) is 4.90 Å². The molecule has 1 saturated heterocycles. The Balaban J connectivity index is 1.56. The van der Waals surface area contributed by atoms with Crippen LogP contribution in [0.4, 0.5) is 5.69 Å². The molecule has 0 bridgehead atoms. The Kier molecular flexibility index (Phi) is 6.40. The maximum Gasteiger partial charge on any atom is 0.344 e. The lowest BCUT2D eigenvalue weighted by atomic mass is 10.0. The number of hydrogen-bond acceptors (Lipinski definition) is 8. The molecule has 34 heavy (non-hydrogen) atoms. The van der Waals surface area contributed by atoms with Gasteiger partial charge in [-0.2, -0.15) is 0 Å². The highest BCUT2D eigenvalue weighted by molar-refractivity contribution is 6.01. The van der Waals surface area contributed by atoms with Crippen LogP contribution in [0.2, 0.25) is 0 Å². The number of ether oxygens (including phenoxy) is 4. The number of benzene rings is 2. The number of fused-ring (bicyclic) bond motifs is 1. The van der Waals surface area contributed by atoms with Crippen LogP contribution in [0.25, 0.3) is 0 Å². The van der Waals surface area contributed by atoms with Gasteiger partial charge in [-0.25, -0.2) is 9.59 Å². The molecule has 0 aromatic heterocycles. The van der Waals surface area contributed by atoms with Gasteiger partial charge in [-0.15, -0.1) is 0 Å². The summed E-state index contributed by atoms with van der Waals surface area (Å²) < 4.78 is 21.1. The van der Waals surface area contributed by atoms with Gasteiger partial charge in [0.25, 0.3) is 0 Å². The Labute approximate surface area is 195 Å². The highest BCUT2D eigenvalue weighted by Gasteiger charge is 2.47. The molecule has 10 nitrogen and oxygen atoms in total. The number of methoxy groups -OCH3 is 2. The lowest BCUT2D eigenvalue weighted by Crippen LogP contribution is -2.43. The minimum absolute atomic E-state index is 0.135. The van der Waals surface area contributed by atoms with Crippen molar-refractivity contribution in [2.45, 2.75) is 32.0 Å². The van der Waals surface area contributed by atoms with Crippen molar-refractivity contribution >= 4 is 29.4 Å². The van der Waals surface area contributed by atoms with Crippen LogP contribution in [0.5, 0.6) is 11.5 Å². The van der Waals surface area contributed by atoms with E-state index in [9.17, 15) is 19.2 Å². The third-order valence-electron chi connectivity index (χ3n) is 5.74. The second-order valence-corrected chi connectivity index (χ2v) is 7.67. The van der Waals surface area contributed by atoms with Gasteiger partial charge in [0.15, 0.2) is 11.5 Å². The number of amides is 2. The lowest BCUT2D eigenvalue weighted by molar-refractivity contribution is -0.144. The molecule has 2 heterocycles. The highest BCUT2D eigenvalue weighted by Crippen LogP contribution is 2.45. The van der Waals surface area contributed by atoms with Gasteiger partial charge in [-0.1, -0.05) is 0 Å². The molecule has 2 aromatic rings. The number of hydrogen-bond donors (Lipinski definition) is 1. The molecule has 2 amide bonds. The quantitative estimate of drug-likeness (QED) is 0.616. The average Bonchev–Trinajstić information content (AvgIpc) is 3.38. The van der Waals surface area contributed by atoms with Crippen molar-refractivity contribution < 1.29 is 38.1 Å². The van der Waals surface area contributed by atoms with E-state index in [1.807, 2.05) is 0 Å². The van der Waals surface area contributed by atoms with Crippen LogP contribution in [-0.2, 0) is 19.1 Å². The molecule has 2 aliphatic rings. The summed E-state index contributed by atoms with van der Waals surface area (Å²) in [6.07, 6.45) is -0.655. The van der Waals surface area contributed by atoms with Crippen LogP contribution in [-0.4, -0.2) is 55.5 Å². The van der Waals surface area contributed by atoms with Crippen LogP contribution in [0.15, 0.2) is 36.4 Å². The number of carbonyl (C=O) groups excluding carboxylic acids is 4. The highest BCUT2D eigenvalue weighted by atomic mass is 16.6. The van der Waals surface area contributed by atoms with Crippen molar-refractivity contribution in [2.75, 3.05) is 26.1 Å². The SMILES string of the molecule is CCOC(=O)c1ccc(NC(=O)[C@@H]2CCC(=O)N2[C@@H]2OC(=O)c3c2ccc(OC)c3OC)cc1. The summed E-state index contributed by atoms with van der Waals surface area (Å²) in [4.78, 5) is 51.6. The molecular formula is C24H24N2O8. The van der Waals surface area contributed by atoms with Crippen molar-refractivity contribution in [3.63, 3.8) is 0 Å². The van der Waals surface area contributed by atoms with E-state index in [4.69, 9.17) is 18.9 Å². The molecule has 10 heteroatoms. The van der Waals surface area contributed by atoms with Crippen molar-refractivity contribution in [2.24, 2.45) is 0 Å². The zero-order chi connectivity index (χ0) is 24.4. The van der Waals surface area contributed by atoms with Gasteiger partial charge < -0.3 is 24.3 Å². The van der Waals surface area contributed by atoms with Crippen LogP contribution < -0.4 is 14.8 Å². The maximum atomic E-state index is 13.1. The molecule has 0 aliphatic carbocycles. The van der Waals surface area contributed by atoms with Gasteiger partial charge in [0.2, 0.25) is 18.0 Å². The molecule has 2 aromatic carbocycles. The minimum atomic E-state index is -1.06. The molecule has 0 spiro atoms. The molecule has 0 radical (unpaired) electrons. The van der Waals surface area contributed by atoms with Gasteiger partial charge in [-0.05, 0) is 49.7 Å². The number of nitrogens with one attached hydrogen (secondary N) is 1. The fraction of sp³-hybridized carbons (Fsp3) is 0.333. The molecular weight excluding hydrogens is 444 g/mol. The Hall–Kier alpha value is -4.08. The first-order valence-electron chi connectivity index (χ1n) is 10.7. The lowest BCUT2D eigenvalue weighted by Gasteiger charge is -2.29. The number of anilines is 1. The topological polar surface area (TPSA) is 120 Å². The average molecular weight is 468 g/mol. The summed E-state index contributed by atoms with van der Waals surface area (Å²) in [5, 5.41) is 2.76. The Morgan fingerprint density at radius 2 is 1.82 bits per heavy atom. The molecule has 1 N–H and O–H groups in total. The number of likely N-dealkylation sites (tertiary alicyclic amines) is 1. The fourth-order valence-electron chi connectivity index (χ4n) is 4.17. The van der Waals surface area contributed by atoms with E-state index in [2.05, 4.69) is 5.32 Å². The second kappa shape index (κ2) is 9.42. The van der Waals surface area contributed by atoms with Gasteiger partial charge in [0.05, 0.1) is 26.4 Å². The van der Waals surface area contributed by atoms with E-state index in [0.29, 0.717) is 22.6 Å². The molecule has 2 atom stereocenters. The maximum absolute atomic E-state index is 13.1. The molecule has 178 valence electrons. The number of rotatable bonds is 7. The van der Waals surface area contributed by atoms with Gasteiger partial charge in [0.1, 0.15) is 11.6 Å². The summed E-state index contributed by atoms with van der Waals surface area (Å²) in [5.41, 5.74) is 1.40. The van der Waals surface area contributed by atoms with E-state index in [-0.39, 0.29) is 36.7 Å². The first-order valence-corrected chi connectivity index (χ1v) is 10.7. The van der Waals surface area contributed by atoms with E-state index in [0.717, 1.165) is 0 Å². The van der Waals surface area contributed by atoms with E-state index < -0.39 is 30.1 Å². The standard InChI is InChI=1S/C24H24N2O8/c1-4-33-23(29)13-5-7-14(8-6-13)25-21(28)16-10-12-18(27)26(16)22-15-9-11-17(31-2)20(32-3)19(15)24(30)34-22/h5-9,11,16,22H,4,10,12H2,1-3H3,(H,25,28)/t16-,22+/m0/s1. The van der Waals surface area contributed by atoms with Crippen LogP contribution >= 0.6 is 0 Å². The fourth-order valence-corrected chi connectivity index (χ4v) is 4.17. The third kappa shape index (κ3) is 4.02. The van der Waals surface area contributed by atoms with Gasteiger partial charge >= 0.3 is 11.9 Å². The predicted octanol–water partition coefficient (Wildman–Crippen LogP) is 2.68. The van der Waals surface area contributed by atoms with Gasteiger partial charge in [-0.3, -0.25) is 14.5 Å². The van der Waals surface area contributed by atoms with Crippen LogP contribution in [0.3, 0.4) is 0 Å². The Morgan fingerprint density at radius 3 is 2.47 bits per heavy atom. The van der Waals surface area contributed by atoms with Crippen molar-refractivity contribution in [3.8, 4) is 11.5 Å². The Bertz CT molecular complexity index is 1140. The monoisotopic (exact) mass is 468 g/mol. The normalized spacial score (nSPS) is 18.9. The zero-order valence-electron chi connectivity index (χ0n) is 19.0. The molecule has 2 aliphatic heterocycles. The first-order chi connectivity index (χ1) is 16.4. The van der Waals surface area contributed by atoms with E-state index >= 15 is 0 Å². The van der Waals surface area contributed by atoms with Crippen LogP contribution in [0.1, 0.15) is 52.3 Å². The third-order valence-corrected chi connectivity index (χ3v) is 5.74. The zero-order valence-corrected chi connectivity index (χ0v) is 19.0.